The zero-order valence-electron chi connectivity index (χ0n) is 21.2. The maximum atomic E-state index is 10.7. The average molecular weight is 465 g/mol. The van der Waals surface area contributed by atoms with Gasteiger partial charge in [0.25, 0.3) is 0 Å². The van der Waals surface area contributed by atoms with E-state index in [1.807, 2.05) is 26.4 Å². The number of nitrogens with zero attached hydrogens (tertiary/aromatic N) is 6. The van der Waals surface area contributed by atoms with Gasteiger partial charge in [-0.15, -0.1) is 0 Å². The number of ether oxygens (including phenoxy) is 1. The second-order valence-corrected chi connectivity index (χ2v) is 9.51. The van der Waals surface area contributed by atoms with Gasteiger partial charge in [-0.25, -0.2) is 0 Å². The molecule has 3 aliphatic rings. The van der Waals surface area contributed by atoms with Crippen LogP contribution in [0, 0.1) is 0 Å². The average Bonchev–Trinajstić information content (AvgIpc) is 3.42. The SMILES string of the molecule is CCC(O)CN1C=CN(CC(CN2C=CN(CC(O)CN3C=CN(C)C3C)C2C)OC)C1C. The van der Waals surface area contributed by atoms with E-state index in [-0.39, 0.29) is 30.7 Å². The van der Waals surface area contributed by atoms with Gasteiger partial charge in [0, 0.05) is 84.1 Å². The first-order valence-electron chi connectivity index (χ1n) is 12.2. The van der Waals surface area contributed by atoms with Crippen molar-refractivity contribution in [1.82, 2.24) is 29.4 Å². The summed E-state index contributed by atoms with van der Waals surface area (Å²) in [5, 5.41) is 20.7. The Morgan fingerprint density at radius 3 is 1.45 bits per heavy atom. The van der Waals surface area contributed by atoms with Gasteiger partial charge in [-0.1, -0.05) is 6.92 Å². The summed E-state index contributed by atoms with van der Waals surface area (Å²) in [5.74, 6) is 0. The van der Waals surface area contributed by atoms with Crippen molar-refractivity contribution >= 4 is 0 Å². The molecule has 0 aromatic heterocycles. The van der Waals surface area contributed by atoms with Gasteiger partial charge in [-0.2, -0.15) is 0 Å². The van der Waals surface area contributed by atoms with E-state index < -0.39 is 6.10 Å². The van der Waals surface area contributed by atoms with E-state index in [4.69, 9.17) is 4.74 Å². The molecule has 188 valence electrons. The Hall–Kier alpha value is -2.10. The number of β-amino-alcohol motifs (C(OH)–C–C–N with tert-alkyl or cyclic N) is 2. The first-order valence-corrected chi connectivity index (χ1v) is 12.2. The Morgan fingerprint density at radius 1 is 0.667 bits per heavy atom. The molecule has 0 aliphatic carbocycles. The van der Waals surface area contributed by atoms with E-state index in [9.17, 15) is 10.2 Å². The zero-order valence-corrected chi connectivity index (χ0v) is 21.2. The van der Waals surface area contributed by atoms with Gasteiger partial charge < -0.3 is 44.3 Å². The van der Waals surface area contributed by atoms with E-state index in [1.165, 1.54) is 0 Å². The molecule has 6 unspecified atom stereocenters. The van der Waals surface area contributed by atoms with Gasteiger partial charge in [-0.05, 0) is 27.2 Å². The van der Waals surface area contributed by atoms with Crippen LogP contribution in [0.4, 0.5) is 0 Å². The van der Waals surface area contributed by atoms with Gasteiger partial charge in [0.05, 0.1) is 36.8 Å². The molecular formula is C24H44N6O3. The van der Waals surface area contributed by atoms with E-state index >= 15 is 0 Å². The maximum Gasteiger partial charge on any atom is 0.0980 e. The molecular weight excluding hydrogens is 420 g/mol. The molecule has 0 saturated heterocycles. The molecule has 0 aromatic rings. The quantitative estimate of drug-likeness (QED) is 0.441. The lowest BCUT2D eigenvalue weighted by Crippen LogP contribution is -2.48. The zero-order chi connectivity index (χ0) is 24.1. The van der Waals surface area contributed by atoms with Crippen molar-refractivity contribution in [2.24, 2.45) is 0 Å². The van der Waals surface area contributed by atoms with Gasteiger partial charge in [0.15, 0.2) is 0 Å². The highest BCUT2D eigenvalue weighted by molar-refractivity contribution is 5.01. The molecule has 3 heterocycles. The van der Waals surface area contributed by atoms with Crippen molar-refractivity contribution in [3.63, 3.8) is 0 Å². The Morgan fingerprint density at radius 2 is 1.06 bits per heavy atom. The lowest BCUT2D eigenvalue weighted by atomic mass is 10.2. The largest absolute Gasteiger partial charge is 0.391 e. The second-order valence-electron chi connectivity index (χ2n) is 9.51. The van der Waals surface area contributed by atoms with Crippen molar-refractivity contribution in [3.05, 3.63) is 37.2 Å². The highest BCUT2D eigenvalue weighted by Gasteiger charge is 2.30. The first kappa shape index (κ1) is 25.5. The fourth-order valence-corrected chi connectivity index (χ4v) is 4.56. The standard InChI is InChI=1S/C24H44N6O3/c1-7-22(31)14-27-10-12-29(20(27)3)17-24(33-6)18-30-13-11-28(21(30)4)16-23(32)15-26-9-8-25(5)19(26)2/h8-13,19-24,31-32H,7,14-18H2,1-6H3. The van der Waals surface area contributed by atoms with Crippen molar-refractivity contribution in [2.45, 2.75) is 70.9 Å². The minimum Gasteiger partial charge on any atom is -0.391 e. The normalized spacial score (nSPS) is 27.5. The van der Waals surface area contributed by atoms with Gasteiger partial charge >= 0.3 is 0 Å². The molecule has 3 aliphatic heterocycles. The van der Waals surface area contributed by atoms with Crippen LogP contribution in [0.2, 0.25) is 0 Å². The molecule has 0 amide bonds. The van der Waals surface area contributed by atoms with Crippen LogP contribution in [0.5, 0.6) is 0 Å². The van der Waals surface area contributed by atoms with Crippen LogP contribution in [-0.4, -0.2) is 123 Å². The van der Waals surface area contributed by atoms with Crippen molar-refractivity contribution in [1.29, 1.82) is 0 Å². The lowest BCUT2D eigenvalue weighted by molar-refractivity contribution is 0.0123. The number of hydrogen-bond acceptors (Lipinski definition) is 9. The summed E-state index contributed by atoms with van der Waals surface area (Å²) in [5.41, 5.74) is 0. The first-order chi connectivity index (χ1) is 15.7. The summed E-state index contributed by atoms with van der Waals surface area (Å²) < 4.78 is 5.83. The Bertz CT molecular complexity index is 704. The van der Waals surface area contributed by atoms with Crippen molar-refractivity contribution < 1.29 is 14.9 Å². The maximum absolute atomic E-state index is 10.7. The minimum atomic E-state index is -0.436. The summed E-state index contributed by atoms with van der Waals surface area (Å²) in [7, 11) is 3.81. The molecule has 0 radical (unpaired) electrons. The van der Waals surface area contributed by atoms with Crippen LogP contribution in [0.1, 0.15) is 34.1 Å². The Balaban J connectivity index is 1.45. The molecule has 0 aromatic carbocycles. The number of aliphatic hydroxyl groups excluding tert-OH is 2. The topological polar surface area (TPSA) is 69.1 Å². The minimum absolute atomic E-state index is 0.0382. The summed E-state index contributed by atoms with van der Waals surface area (Å²) >= 11 is 0. The third kappa shape index (κ3) is 6.28. The molecule has 33 heavy (non-hydrogen) atoms. The third-order valence-electron chi connectivity index (χ3n) is 7.28. The number of aliphatic hydroxyl groups is 2. The van der Waals surface area contributed by atoms with Crippen molar-refractivity contribution in [2.75, 3.05) is 46.9 Å². The molecule has 3 rings (SSSR count). The van der Waals surface area contributed by atoms with E-state index in [0.29, 0.717) is 19.6 Å². The predicted molar refractivity (Wildman–Crippen MR) is 130 cm³/mol. The number of methoxy groups -OCH3 is 1. The molecule has 0 saturated carbocycles. The fraction of sp³-hybridized carbons (Fsp3) is 0.750. The van der Waals surface area contributed by atoms with Gasteiger partial charge in [0.2, 0.25) is 0 Å². The Labute approximate surface area is 199 Å². The molecule has 0 fully saturated rings. The fourth-order valence-electron chi connectivity index (χ4n) is 4.56. The van der Waals surface area contributed by atoms with E-state index in [1.54, 1.807) is 7.11 Å². The molecule has 9 heteroatoms. The molecule has 2 N–H and O–H groups in total. The van der Waals surface area contributed by atoms with Crippen LogP contribution >= 0.6 is 0 Å². The summed E-state index contributed by atoms with van der Waals surface area (Å²) in [4.78, 5) is 13.2. The highest BCUT2D eigenvalue weighted by Crippen LogP contribution is 2.21. The van der Waals surface area contributed by atoms with Gasteiger partial charge in [-0.3, -0.25) is 0 Å². The molecule has 6 atom stereocenters. The van der Waals surface area contributed by atoms with Crippen LogP contribution in [0.3, 0.4) is 0 Å². The molecule has 0 spiro atoms. The van der Waals surface area contributed by atoms with Crippen LogP contribution in [-0.2, 0) is 4.74 Å². The number of hydrogen-bond donors (Lipinski definition) is 2. The number of rotatable bonds is 12. The molecule has 0 bridgehead atoms. The van der Waals surface area contributed by atoms with E-state index in [0.717, 1.165) is 19.5 Å². The van der Waals surface area contributed by atoms with Crippen LogP contribution in [0.15, 0.2) is 37.2 Å². The smallest absolute Gasteiger partial charge is 0.0980 e. The second kappa shape index (κ2) is 11.4. The highest BCUT2D eigenvalue weighted by atomic mass is 16.5. The predicted octanol–water partition coefficient (Wildman–Crippen LogP) is 1.07. The monoisotopic (exact) mass is 464 g/mol. The third-order valence-corrected chi connectivity index (χ3v) is 7.28. The van der Waals surface area contributed by atoms with Crippen LogP contribution < -0.4 is 0 Å². The lowest BCUT2D eigenvalue weighted by Gasteiger charge is -2.36. The Kier molecular flexibility index (Phi) is 8.78. The van der Waals surface area contributed by atoms with E-state index in [2.05, 4.69) is 75.0 Å². The summed E-state index contributed by atoms with van der Waals surface area (Å²) in [6, 6.07) is 0. The van der Waals surface area contributed by atoms with Crippen molar-refractivity contribution in [3.8, 4) is 0 Å². The van der Waals surface area contributed by atoms with Crippen LogP contribution in [0.25, 0.3) is 0 Å². The summed E-state index contributed by atoms with van der Waals surface area (Å²) in [6.45, 7) is 11.9. The molecule has 9 nitrogen and oxygen atoms in total. The van der Waals surface area contributed by atoms with Gasteiger partial charge in [0.1, 0.15) is 0 Å². The summed E-state index contributed by atoms with van der Waals surface area (Å²) in [6.07, 6.45) is 13.1.